The fourth-order valence-corrected chi connectivity index (χ4v) is 4.52. The standard InChI is InChI=1S/C22H33N5O2/c1-23-22(24-9-11-25-10-8-18-5-2-3-6-19(18)17-25)27-14-12-26(13-15-27)21(28)20-7-4-16-29-20/h2-3,5-6,20H,4,7-17H2,1H3,(H,23,24). The Morgan fingerprint density at radius 1 is 1.14 bits per heavy atom. The lowest BCUT2D eigenvalue weighted by atomic mass is 10.00. The van der Waals surface area contributed by atoms with Gasteiger partial charge in [-0.1, -0.05) is 24.3 Å². The van der Waals surface area contributed by atoms with Gasteiger partial charge < -0.3 is 19.9 Å². The average Bonchev–Trinajstić information content (AvgIpc) is 3.31. The summed E-state index contributed by atoms with van der Waals surface area (Å²) in [5.74, 6) is 1.10. The van der Waals surface area contributed by atoms with E-state index in [9.17, 15) is 4.79 Å². The molecule has 0 bridgehead atoms. The van der Waals surface area contributed by atoms with Crippen molar-refractivity contribution in [2.75, 3.05) is 59.5 Å². The second-order valence-electron chi connectivity index (χ2n) is 8.08. The summed E-state index contributed by atoms with van der Waals surface area (Å²) in [5.41, 5.74) is 2.94. The molecule has 1 unspecified atom stereocenters. The van der Waals surface area contributed by atoms with Crippen molar-refractivity contribution in [1.82, 2.24) is 20.0 Å². The summed E-state index contributed by atoms with van der Waals surface area (Å²) >= 11 is 0. The number of piperazine rings is 1. The van der Waals surface area contributed by atoms with Crippen LogP contribution < -0.4 is 5.32 Å². The molecule has 0 aromatic heterocycles. The van der Waals surface area contributed by atoms with E-state index in [1.165, 1.54) is 11.1 Å². The van der Waals surface area contributed by atoms with Gasteiger partial charge in [-0.2, -0.15) is 0 Å². The molecule has 1 amide bonds. The molecule has 1 aromatic carbocycles. The molecule has 0 spiro atoms. The van der Waals surface area contributed by atoms with Gasteiger partial charge in [0.2, 0.25) is 0 Å². The molecule has 3 heterocycles. The number of nitrogens with one attached hydrogen (secondary N) is 1. The Morgan fingerprint density at radius 3 is 2.62 bits per heavy atom. The molecule has 2 fully saturated rings. The number of amides is 1. The third-order valence-electron chi connectivity index (χ3n) is 6.23. The van der Waals surface area contributed by atoms with E-state index in [0.29, 0.717) is 0 Å². The van der Waals surface area contributed by atoms with Crippen LogP contribution >= 0.6 is 0 Å². The van der Waals surface area contributed by atoms with E-state index in [4.69, 9.17) is 4.74 Å². The molecule has 7 heteroatoms. The Kier molecular flexibility index (Phi) is 6.67. The molecular formula is C22H33N5O2. The molecule has 1 atom stereocenters. The van der Waals surface area contributed by atoms with Gasteiger partial charge in [-0.3, -0.25) is 14.7 Å². The van der Waals surface area contributed by atoms with Crippen LogP contribution in [-0.4, -0.2) is 92.1 Å². The number of carbonyl (C=O) groups excluding carboxylic acids is 1. The van der Waals surface area contributed by atoms with Crippen LogP contribution in [0.5, 0.6) is 0 Å². The molecule has 0 radical (unpaired) electrons. The van der Waals surface area contributed by atoms with E-state index in [0.717, 1.165) is 84.2 Å². The van der Waals surface area contributed by atoms with E-state index < -0.39 is 0 Å². The molecule has 0 aliphatic carbocycles. The molecule has 4 rings (SSSR count). The molecule has 29 heavy (non-hydrogen) atoms. The van der Waals surface area contributed by atoms with Gasteiger partial charge in [0, 0.05) is 66.0 Å². The number of hydrogen-bond acceptors (Lipinski definition) is 4. The van der Waals surface area contributed by atoms with Crippen molar-refractivity contribution in [3.8, 4) is 0 Å². The van der Waals surface area contributed by atoms with Crippen molar-refractivity contribution in [2.45, 2.75) is 31.9 Å². The Morgan fingerprint density at radius 2 is 1.90 bits per heavy atom. The fourth-order valence-electron chi connectivity index (χ4n) is 4.52. The highest BCUT2D eigenvalue weighted by atomic mass is 16.5. The first-order valence-electron chi connectivity index (χ1n) is 10.9. The number of guanidine groups is 1. The lowest BCUT2D eigenvalue weighted by molar-refractivity contribution is -0.142. The Bertz CT molecular complexity index is 724. The maximum atomic E-state index is 12.5. The summed E-state index contributed by atoms with van der Waals surface area (Å²) in [5, 5.41) is 3.52. The van der Waals surface area contributed by atoms with Crippen LogP contribution in [0.1, 0.15) is 24.0 Å². The predicted molar refractivity (Wildman–Crippen MR) is 114 cm³/mol. The molecule has 3 aliphatic rings. The molecule has 0 saturated carbocycles. The average molecular weight is 400 g/mol. The molecule has 1 N–H and O–H groups in total. The number of carbonyl (C=O) groups is 1. The lowest BCUT2D eigenvalue weighted by Crippen LogP contribution is -2.55. The zero-order valence-electron chi connectivity index (χ0n) is 17.5. The van der Waals surface area contributed by atoms with Gasteiger partial charge in [-0.25, -0.2) is 0 Å². The number of nitrogens with zero attached hydrogens (tertiary/aromatic N) is 4. The quantitative estimate of drug-likeness (QED) is 0.603. The third-order valence-corrected chi connectivity index (χ3v) is 6.23. The van der Waals surface area contributed by atoms with E-state index in [1.807, 2.05) is 11.9 Å². The minimum absolute atomic E-state index is 0.162. The summed E-state index contributed by atoms with van der Waals surface area (Å²) in [4.78, 5) is 23.7. The van der Waals surface area contributed by atoms with E-state index in [-0.39, 0.29) is 12.0 Å². The second-order valence-corrected chi connectivity index (χ2v) is 8.08. The first-order valence-corrected chi connectivity index (χ1v) is 10.9. The van der Waals surface area contributed by atoms with Gasteiger partial charge in [0.25, 0.3) is 5.91 Å². The molecule has 7 nitrogen and oxygen atoms in total. The van der Waals surface area contributed by atoms with Crippen molar-refractivity contribution in [2.24, 2.45) is 4.99 Å². The Balaban J connectivity index is 1.20. The molecule has 2 saturated heterocycles. The van der Waals surface area contributed by atoms with Gasteiger partial charge in [-0.05, 0) is 30.4 Å². The maximum absolute atomic E-state index is 12.5. The van der Waals surface area contributed by atoms with Crippen molar-refractivity contribution in [1.29, 1.82) is 0 Å². The van der Waals surface area contributed by atoms with Crippen LogP contribution in [0.15, 0.2) is 29.3 Å². The van der Waals surface area contributed by atoms with Crippen molar-refractivity contribution < 1.29 is 9.53 Å². The first kappa shape index (κ1) is 20.2. The monoisotopic (exact) mass is 399 g/mol. The van der Waals surface area contributed by atoms with Gasteiger partial charge in [0.1, 0.15) is 6.10 Å². The fraction of sp³-hybridized carbons (Fsp3) is 0.636. The van der Waals surface area contributed by atoms with Crippen LogP contribution in [0.4, 0.5) is 0 Å². The lowest BCUT2D eigenvalue weighted by Gasteiger charge is -2.37. The third kappa shape index (κ3) is 4.90. The predicted octanol–water partition coefficient (Wildman–Crippen LogP) is 0.943. The molecular weight excluding hydrogens is 366 g/mol. The number of rotatable bonds is 4. The van der Waals surface area contributed by atoms with E-state index in [1.54, 1.807) is 0 Å². The molecule has 3 aliphatic heterocycles. The van der Waals surface area contributed by atoms with Gasteiger partial charge >= 0.3 is 0 Å². The zero-order chi connectivity index (χ0) is 20.1. The molecule has 1 aromatic rings. The van der Waals surface area contributed by atoms with Crippen molar-refractivity contribution in [3.63, 3.8) is 0 Å². The number of aliphatic imine (C=N–C) groups is 1. The minimum Gasteiger partial charge on any atom is -0.368 e. The van der Waals surface area contributed by atoms with Crippen LogP contribution in [-0.2, 0) is 22.5 Å². The number of hydrogen-bond donors (Lipinski definition) is 1. The van der Waals surface area contributed by atoms with E-state index >= 15 is 0 Å². The minimum atomic E-state index is -0.214. The maximum Gasteiger partial charge on any atom is 0.251 e. The number of fused-ring (bicyclic) bond motifs is 1. The van der Waals surface area contributed by atoms with Crippen molar-refractivity contribution in [3.05, 3.63) is 35.4 Å². The van der Waals surface area contributed by atoms with Crippen LogP contribution in [0.3, 0.4) is 0 Å². The van der Waals surface area contributed by atoms with Crippen LogP contribution in [0, 0.1) is 0 Å². The number of benzene rings is 1. The summed E-state index contributed by atoms with van der Waals surface area (Å²) in [7, 11) is 1.84. The summed E-state index contributed by atoms with van der Waals surface area (Å²) in [6.07, 6.45) is 2.78. The molecule has 158 valence electrons. The Hall–Kier alpha value is -2.12. The van der Waals surface area contributed by atoms with E-state index in [2.05, 4.69) is 44.4 Å². The van der Waals surface area contributed by atoms with Crippen molar-refractivity contribution >= 4 is 11.9 Å². The SMILES string of the molecule is CN=C(NCCN1CCc2ccccc2C1)N1CCN(C(=O)C2CCCO2)CC1. The van der Waals surface area contributed by atoms with Gasteiger partial charge in [0.05, 0.1) is 0 Å². The summed E-state index contributed by atoms with van der Waals surface area (Å²) in [6.45, 7) is 7.85. The first-order chi connectivity index (χ1) is 14.2. The highest BCUT2D eigenvalue weighted by Gasteiger charge is 2.30. The summed E-state index contributed by atoms with van der Waals surface area (Å²) < 4.78 is 5.55. The normalized spacial score (nSPS) is 23.2. The smallest absolute Gasteiger partial charge is 0.251 e. The van der Waals surface area contributed by atoms with Crippen LogP contribution in [0.2, 0.25) is 0 Å². The second kappa shape index (κ2) is 9.59. The number of ether oxygens (including phenoxy) is 1. The highest BCUT2D eigenvalue weighted by molar-refractivity contribution is 5.82. The zero-order valence-corrected chi connectivity index (χ0v) is 17.5. The van der Waals surface area contributed by atoms with Gasteiger partial charge in [0.15, 0.2) is 5.96 Å². The Labute approximate surface area is 173 Å². The highest BCUT2D eigenvalue weighted by Crippen LogP contribution is 2.18. The topological polar surface area (TPSA) is 60.4 Å². The van der Waals surface area contributed by atoms with Gasteiger partial charge in [-0.15, -0.1) is 0 Å². The summed E-state index contributed by atoms with van der Waals surface area (Å²) in [6, 6.07) is 8.75. The van der Waals surface area contributed by atoms with Crippen LogP contribution in [0.25, 0.3) is 0 Å². The largest absolute Gasteiger partial charge is 0.368 e.